The number of aryl methyl sites for hydroxylation is 1. The third-order valence-electron chi connectivity index (χ3n) is 3.58. The van der Waals surface area contributed by atoms with E-state index in [4.69, 9.17) is 23.2 Å². The normalized spacial score (nSPS) is 11.3. The first-order valence-corrected chi connectivity index (χ1v) is 7.98. The van der Waals surface area contributed by atoms with Gasteiger partial charge in [-0.15, -0.1) is 0 Å². The van der Waals surface area contributed by atoms with Crippen molar-refractivity contribution in [3.8, 4) is 0 Å². The summed E-state index contributed by atoms with van der Waals surface area (Å²) in [6, 6.07) is 12.9. The second-order valence-corrected chi connectivity index (χ2v) is 6.00. The molecule has 0 spiro atoms. The highest BCUT2D eigenvalue weighted by Crippen LogP contribution is 2.22. The smallest absolute Gasteiger partial charge is 0.247 e. The summed E-state index contributed by atoms with van der Waals surface area (Å²) >= 11 is 12.1. The van der Waals surface area contributed by atoms with Crippen LogP contribution in [-0.4, -0.2) is 21.7 Å². The minimum atomic E-state index is -0.271. The van der Waals surface area contributed by atoms with Crippen molar-refractivity contribution in [2.45, 2.75) is 6.42 Å². The Morgan fingerprint density at radius 3 is 2.62 bits per heavy atom. The fourth-order valence-electron chi connectivity index (χ4n) is 2.34. The first-order valence-electron chi connectivity index (χ1n) is 7.22. The van der Waals surface area contributed by atoms with Crippen molar-refractivity contribution in [2.75, 3.05) is 0 Å². The molecule has 3 aromatic rings. The molecule has 7 heteroatoms. The van der Waals surface area contributed by atoms with Gasteiger partial charge < -0.3 is 4.57 Å². The molecular formula is C17H14Cl2N4O. The molecule has 3 rings (SSSR count). The summed E-state index contributed by atoms with van der Waals surface area (Å²) in [7, 11) is 1.88. The van der Waals surface area contributed by atoms with Crippen molar-refractivity contribution in [3.05, 3.63) is 63.9 Å². The van der Waals surface area contributed by atoms with Crippen LogP contribution in [0, 0.1) is 0 Å². The van der Waals surface area contributed by atoms with Gasteiger partial charge >= 0.3 is 0 Å². The van der Waals surface area contributed by atoms with Gasteiger partial charge in [0.05, 0.1) is 33.7 Å². The fraction of sp³-hybridized carbons (Fsp3) is 0.118. The zero-order valence-electron chi connectivity index (χ0n) is 12.8. The van der Waals surface area contributed by atoms with Crippen molar-refractivity contribution in [3.63, 3.8) is 0 Å². The zero-order valence-corrected chi connectivity index (χ0v) is 14.3. The number of nitrogens with one attached hydrogen (secondary N) is 1. The summed E-state index contributed by atoms with van der Waals surface area (Å²) < 4.78 is 1.89. The van der Waals surface area contributed by atoms with E-state index in [1.54, 1.807) is 18.2 Å². The molecule has 1 N–H and O–H groups in total. The molecule has 0 aliphatic heterocycles. The molecule has 1 amide bonds. The molecule has 0 unspecified atom stereocenters. The van der Waals surface area contributed by atoms with Crippen molar-refractivity contribution < 1.29 is 4.79 Å². The number of rotatable bonds is 4. The molecule has 2 aromatic carbocycles. The Morgan fingerprint density at radius 1 is 1.21 bits per heavy atom. The van der Waals surface area contributed by atoms with E-state index >= 15 is 0 Å². The van der Waals surface area contributed by atoms with Gasteiger partial charge in [0.25, 0.3) is 0 Å². The first kappa shape index (κ1) is 16.5. The summed E-state index contributed by atoms with van der Waals surface area (Å²) in [5.41, 5.74) is 4.86. The maximum Gasteiger partial charge on any atom is 0.247 e. The summed E-state index contributed by atoms with van der Waals surface area (Å²) in [4.78, 5) is 16.5. The van der Waals surface area contributed by atoms with Crippen LogP contribution in [0.2, 0.25) is 10.0 Å². The average Bonchev–Trinajstić information content (AvgIpc) is 2.87. The molecular weight excluding hydrogens is 347 g/mol. The zero-order chi connectivity index (χ0) is 17.1. The predicted molar refractivity (Wildman–Crippen MR) is 96.6 cm³/mol. The first-order chi connectivity index (χ1) is 11.6. The molecule has 0 saturated carbocycles. The third kappa shape index (κ3) is 3.42. The number of hydrazone groups is 1. The van der Waals surface area contributed by atoms with Crippen LogP contribution in [-0.2, 0) is 18.3 Å². The number of hydrogen-bond donors (Lipinski definition) is 1. The monoisotopic (exact) mass is 360 g/mol. The quantitative estimate of drug-likeness (QED) is 0.571. The van der Waals surface area contributed by atoms with Gasteiger partial charge in [0.2, 0.25) is 5.91 Å². The van der Waals surface area contributed by atoms with Crippen LogP contribution in [0.5, 0.6) is 0 Å². The molecule has 0 atom stereocenters. The van der Waals surface area contributed by atoms with Gasteiger partial charge in [-0.05, 0) is 24.3 Å². The molecule has 0 bridgehead atoms. The van der Waals surface area contributed by atoms with E-state index in [1.165, 1.54) is 6.21 Å². The maximum absolute atomic E-state index is 12.1. The van der Waals surface area contributed by atoms with Crippen molar-refractivity contribution in [1.82, 2.24) is 15.0 Å². The van der Waals surface area contributed by atoms with Crippen LogP contribution < -0.4 is 5.43 Å². The summed E-state index contributed by atoms with van der Waals surface area (Å²) in [6.45, 7) is 0. The lowest BCUT2D eigenvalue weighted by Gasteiger charge is -2.02. The predicted octanol–water partition coefficient (Wildman–Crippen LogP) is 3.57. The Hall–Kier alpha value is -2.37. The molecule has 122 valence electrons. The number of para-hydroxylation sites is 2. The number of amides is 1. The Balaban J connectivity index is 1.69. The van der Waals surface area contributed by atoms with E-state index in [0.29, 0.717) is 21.4 Å². The highest BCUT2D eigenvalue weighted by atomic mass is 35.5. The third-order valence-corrected chi connectivity index (χ3v) is 4.24. The Kier molecular flexibility index (Phi) is 4.83. The summed E-state index contributed by atoms with van der Waals surface area (Å²) in [5, 5.41) is 4.85. The SMILES string of the molecule is Cn1c(CC(=O)N/N=C/c2c(Cl)cccc2Cl)nc2ccccc21. The Bertz CT molecular complexity index is 913. The minimum Gasteiger partial charge on any atom is -0.331 e. The van der Waals surface area contributed by atoms with E-state index in [0.717, 1.165) is 11.0 Å². The Labute approximate surface area is 148 Å². The number of fused-ring (bicyclic) bond motifs is 1. The van der Waals surface area contributed by atoms with Gasteiger partial charge in [-0.3, -0.25) is 4.79 Å². The average molecular weight is 361 g/mol. The number of aromatic nitrogens is 2. The van der Waals surface area contributed by atoms with E-state index < -0.39 is 0 Å². The second kappa shape index (κ2) is 7.03. The van der Waals surface area contributed by atoms with Crippen LogP contribution >= 0.6 is 23.2 Å². The summed E-state index contributed by atoms with van der Waals surface area (Å²) in [5.74, 6) is 0.396. The van der Waals surface area contributed by atoms with Crippen molar-refractivity contribution in [1.29, 1.82) is 0 Å². The molecule has 0 fully saturated rings. The highest BCUT2D eigenvalue weighted by molar-refractivity contribution is 6.38. The van der Waals surface area contributed by atoms with Crippen LogP contribution in [0.25, 0.3) is 11.0 Å². The van der Waals surface area contributed by atoms with Gasteiger partial charge in [-0.25, -0.2) is 10.4 Å². The summed E-state index contributed by atoms with van der Waals surface area (Å²) in [6.07, 6.45) is 1.55. The van der Waals surface area contributed by atoms with Crippen LogP contribution in [0.1, 0.15) is 11.4 Å². The molecule has 1 aromatic heterocycles. The molecule has 0 radical (unpaired) electrons. The number of imidazole rings is 1. The lowest BCUT2D eigenvalue weighted by molar-refractivity contribution is -0.120. The number of hydrogen-bond acceptors (Lipinski definition) is 3. The van der Waals surface area contributed by atoms with Gasteiger partial charge in [-0.2, -0.15) is 5.10 Å². The lowest BCUT2D eigenvalue weighted by atomic mass is 10.2. The topological polar surface area (TPSA) is 59.3 Å². The van der Waals surface area contributed by atoms with Gasteiger partial charge in [0, 0.05) is 12.6 Å². The van der Waals surface area contributed by atoms with E-state index in [-0.39, 0.29) is 12.3 Å². The van der Waals surface area contributed by atoms with Crippen molar-refractivity contribution >= 4 is 46.4 Å². The van der Waals surface area contributed by atoms with E-state index in [1.807, 2.05) is 35.9 Å². The number of carbonyl (C=O) groups is 1. The molecule has 5 nitrogen and oxygen atoms in total. The van der Waals surface area contributed by atoms with Gasteiger partial charge in [-0.1, -0.05) is 41.4 Å². The van der Waals surface area contributed by atoms with E-state index in [9.17, 15) is 4.79 Å². The maximum atomic E-state index is 12.1. The Morgan fingerprint density at radius 2 is 1.92 bits per heavy atom. The molecule has 0 saturated heterocycles. The largest absolute Gasteiger partial charge is 0.331 e. The van der Waals surface area contributed by atoms with E-state index in [2.05, 4.69) is 15.5 Å². The fourth-order valence-corrected chi connectivity index (χ4v) is 2.83. The number of nitrogens with zero attached hydrogens (tertiary/aromatic N) is 3. The molecule has 0 aliphatic rings. The van der Waals surface area contributed by atoms with Crippen LogP contribution in [0.4, 0.5) is 0 Å². The molecule has 24 heavy (non-hydrogen) atoms. The van der Waals surface area contributed by atoms with Gasteiger partial charge in [0.15, 0.2) is 0 Å². The number of benzene rings is 2. The highest BCUT2D eigenvalue weighted by Gasteiger charge is 2.11. The standard InChI is InChI=1S/C17H14Cl2N4O/c1-23-15-8-3-2-7-14(15)21-16(23)9-17(24)22-20-10-11-12(18)5-4-6-13(11)19/h2-8,10H,9H2,1H3,(H,22,24)/b20-10+. The second-order valence-electron chi connectivity index (χ2n) is 5.18. The number of halogens is 2. The number of carbonyl (C=O) groups excluding carboxylic acids is 1. The van der Waals surface area contributed by atoms with Crippen molar-refractivity contribution in [2.24, 2.45) is 12.1 Å². The van der Waals surface area contributed by atoms with Crippen LogP contribution in [0.3, 0.4) is 0 Å². The minimum absolute atomic E-state index is 0.124. The van der Waals surface area contributed by atoms with Gasteiger partial charge in [0.1, 0.15) is 5.82 Å². The lowest BCUT2D eigenvalue weighted by Crippen LogP contribution is -2.21. The van der Waals surface area contributed by atoms with Crippen LogP contribution in [0.15, 0.2) is 47.6 Å². The molecule has 0 aliphatic carbocycles. The molecule has 1 heterocycles.